The van der Waals surface area contributed by atoms with Gasteiger partial charge in [-0.2, -0.15) is 5.11 Å². The molecule has 1 atom stereocenters. The van der Waals surface area contributed by atoms with Crippen molar-refractivity contribution in [1.82, 2.24) is 0 Å². The molecular formula is C38H46N6O. The van der Waals surface area contributed by atoms with Gasteiger partial charge in [0.25, 0.3) is 0 Å². The van der Waals surface area contributed by atoms with E-state index in [2.05, 4.69) is 40.7 Å². The topological polar surface area (TPSA) is 114 Å². The SMILES string of the molecule is C=CCN=N/N=C(/C)c1cccc(CC(=N)CC(=O)/C=C/CC2C\C=C(C3=C(\C=C/C(C)=N)C(=C)C/C=C/C=N\3)\CCCC2)c1. The van der Waals surface area contributed by atoms with Crippen LogP contribution in [0.2, 0.25) is 0 Å². The molecule has 45 heavy (non-hydrogen) atoms. The number of carbonyl (C=O) groups excluding carboxylic acids is 1. The van der Waals surface area contributed by atoms with Gasteiger partial charge in [0.15, 0.2) is 5.78 Å². The van der Waals surface area contributed by atoms with Crippen LogP contribution in [0.3, 0.4) is 0 Å². The fourth-order valence-electron chi connectivity index (χ4n) is 5.23. The van der Waals surface area contributed by atoms with Crippen LogP contribution in [0.15, 0.2) is 129 Å². The quantitative estimate of drug-likeness (QED) is 0.0713. The van der Waals surface area contributed by atoms with Crippen LogP contribution < -0.4 is 0 Å². The average Bonchev–Trinajstić information content (AvgIpc) is 2.98. The molecule has 0 fully saturated rings. The molecule has 1 aromatic carbocycles. The normalized spacial score (nSPS) is 22.4. The number of ketones is 1. The van der Waals surface area contributed by atoms with Gasteiger partial charge >= 0.3 is 0 Å². The maximum atomic E-state index is 12.7. The number of hydrogen-bond donors (Lipinski definition) is 2. The summed E-state index contributed by atoms with van der Waals surface area (Å²) in [6.45, 7) is 12.0. The van der Waals surface area contributed by atoms with Crippen LogP contribution in [-0.2, 0) is 11.2 Å². The van der Waals surface area contributed by atoms with E-state index in [1.807, 2.05) is 61.7 Å². The molecule has 1 aromatic rings. The Hall–Kier alpha value is -4.65. The zero-order valence-corrected chi connectivity index (χ0v) is 26.8. The number of allylic oxidation sites excluding steroid dienone is 10. The minimum atomic E-state index is -0.0443. The predicted octanol–water partition coefficient (Wildman–Crippen LogP) is 9.46. The summed E-state index contributed by atoms with van der Waals surface area (Å²) >= 11 is 0. The molecule has 2 aliphatic rings. The standard InChI is InChI=1S/C38H46N6O/c1-5-23-42-44-43-30(4)34-17-10-15-32(25-34)26-35(40)27-36(45)18-11-14-31-13-6-7-16-33(21-20-31)38-37(22-19-29(3)39)28(2)12-8-9-24-41-38/h5,8-11,15,17-19,21-22,24-25,31,39-40H,1-2,6-7,12-14,16,20,23,26-27H2,3-4H3/b9-8+,18-11+,22-19-,33-21-,38-37-,39-29?,40-35?,41-24-,43-30-,44-42?. The lowest BCUT2D eigenvalue weighted by atomic mass is 9.87. The molecule has 1 heterocycles. The van der Waals surface area contributed by atoms with Gasteiger partial charge in [-0.3, -0.25) is 9.79 Å². The van der Waals surface area contributed by atoms with E-state index in [0.717, 1.165) is 78.6 Å². The molecule has 7 nitrogen and oxygen atoms in total. The molecule has 1 unspecified atom stereocenters. The number of rotatable bonds is 14. The zero-order valence-electron chi connectivity index (χ0n) is 26.8. The molecule has 0 saturated carbocycles. The summed E-state index contributed by atoms with van der Waals surface area (Å²) in [5.74, 6) is 0.397. The van der Waals surface area contributed by atoms with Crippen LogP contribution >= 0.6 is 0 Å². The van der Waals surface area contributed by atoms with Gasteiger partial charge in [-0.25, -0.2) is 0 Å². The highest BCUT2D eigenvalue weighted by molar-refractivity contribution is 6.06. The Bertz CT molecular complexity index is 1510. The largest absolute Gasteiger partial charge is 0.309 e. The van der Waals surface area contributed by atoms with Crippen LogP contribution in [0.4, 0.5) is 0 Å². The van der Waals surface area contributed by atoms with Crippen molar-refractivity contribution in [3.05, 3.63) is 120 Å². The van der Waals surface area contributed by atoms with Crippen LogP contribution in [-0.4, -0.2) is 35.7 Å². The number of aliphatic imine (C=N–C) groups is 1. The van der Waals surface area contributed by atoms with E-state index >= 15 is 0 Å². The van der Waals surface area contributed by atoms with Gasteiger partial charge in [0.05, 0.1) is 18.0 Å². The van der Waals surface area contributed by atoms with E-state index in [1.165, 1.54) is 5.57 Å². The Morgan fingerprint density at radius 3 is 2.82 bits per heavy atom. The van der Waals surface area contributed by atoms with Gasteiger partial charge in [0.2, 0.25) is 0 Å². The maximum absolute atomic E-state index is 12.7. The Morgan fingerprint density at radius 2 is 2.02 bits per heavy atom. The van der Waals surface area contributed by atoms with Crippen molar-refractivity contribution in [3.63, 3.8) is 0 Å². The number of nitrogens with one attached hydrogen (secondary N) is 2. The number of carbonyl (C=O) groups is 1. The average molecular weight is 603 g/mol. The van der Waals surface area contributed by atoms with E-state index in [1.54, 1.807) is 19.1 Å². The molecule has 0 bridgehead atoms. The molecule has 3 rings (SSSR count). The van der Waals surface area contributed by atoms with E-state index in [4.69, 9.17) is 15.8 Å². The Morgan fingerprint density at radius 1 is 1.18 bits per heavy atom. The van der Waals surface area contributed by atoms with E-state index in [9.17, 15) is 4.79 Å². The van der Waals surface area contributed by atoms with Gasteiger partial charge in [0.1, 0.15) is 0 Å². The molecular weight excluding hydrogens is 556 g/mol. The molecule has 0 aromatic heterocycles. The van der Waals surface area contributed by atoms with Crippen LogP contribution in [0, 0.1) is 16.7 Å². The van der Waals surface area contributed by atoms with E-state index in [-0.39, 0.29) is 12.2 Å². The first-order valence-electron chi connectivity index (χ1n) is 15.7. The molecule has 0 radical (unpaired) electrons. The predicted molar refractivity (Wildman–Crippen MR) is 189 cm³/mol. The summed E-state index contributed by atoms with van der Waals surface area (Å²) in [7, 11) is 0. The first kappa shape index (κ1) is 34.8. The first-order chi connectivity index (χ1) is 21.8. The third-order valence-electron chi connectivity index (χ3n) is 7.63. The second-order valence-corrected chi connectivity index (χ2v) is 11.5. The first-order valence-corrected chi connectivity index (χ1v) is 15.7. The number of nitrogens with zero attached hydrogens (tertiary/aromatic N) is 4. The van der Waals surface area contributed by atoms with Gasteiger partial charge in [-0.15, -0.1) is 11.7 Å². The highest BCUT2D eigenvalue weighted by Gasteiger charge is 2.17. The summed E-state index contributed by atoms with van der Waals surface area (Å²) in [6.07, 6.45) is 24.6. The highest BCUT2D eigenvalue weighted by Crippen LogP contribution is 2.32. The Kier molecular flexibility index (Phi) is 14.6. The molecule has 2 N–H and O–H groups in total. The Labute approximate surface area is 268 Å². The van der Waals surface area contributed by atoms with Gasteiger partial charge in [-0.05, 0) is 110 Å². The lowest BCUT2D eigenvalue weighted by Crippen LogP contribution is -2.08. The summed E-state index contributed by atoms with van der Waals surface area (Å²) < 4.78 is 0. The minimum Gasteiger partial charge on any atom is -0.309 e. The van der Waals surface area contributed by atoms with E-state index < -0.39 is 0 Å². The molecule has 1 aliphatic carbocycles. The lowest BCUT2D eigenvalue weighted by Gasteiger charge is -2.20. The second-order valence-electron chi connectivity index (χ2n) is 11.5. The fraction of sp³-hybridized carbons (Fsp3) is 0.342. The van der Waals surface area contributed by atoms with Crippen LogP contribution in [0.5, 0.6) is 0 Å². The smallest absolute Gasteiger partial charge is 0.160 e. The van der Waals surface area contributed by atoms with Crippen molar-refractivity contribution in [2.24, 2.45) is 26.3 Å². The van der Waals surface area contributed by atoms with Crippen molar-refractivity contribution in [1.29, 1.82) is 10.8 Å². The fourth-order valence-corrected chi connectivity index (χ4v) is 5.23. The zero-order chi connectivity index (χ0) is 32.4. The number of hydrogen-bond acceptors (Lipinski definition) is 6. The van der Waals surface area contributed by atoms with Gasteiger partial charge in [0, 0.05) is 36.1 Å². The van der Waals surface area contributed by atoms with E-state index in [0.29, 0.717) is 30.3 Å². The monoisotopic (exact) mass is 602 g/mol. The second kappa shape index (κ2) is 18.9. The van der Waals surface area contributed by atoms with Crippen molar-refractivity contribution in [2.75, 3.05) is 6.54 Å². The number of benzene rings is 1. The Balaban J connectivity index is 1.60. The maximum Gasteiger partial charge on any atom is 0.160 e. The van der Waals surface area contributed by atoms with Crippen molar-refractivity contribution in [2.45, 2.75) is 71.6 Å². The highest BCUT2D eigenvalue weighted by atomic mass is 16.1. The molecule has 0 amide bonds. The van der Waals surface area contributed by atoms with Crippen LogP contribution in [0.25, 0.3) is 0 Å². The van der Waals surface area contributed by atoms with Gasteiger partial charge in [-0.1, -0.05) is 61.6 Å². The van der Waals surface area contributed by atoms with Gasteiger partial charge < -0.3 is 10.8 Å². The molecule has 1 aliphatic heterocycles. The molecule has 234 valence electrons. The van der Waals surface area contributed by atoms with Crippen molar-refractivity contribution < 1.29 is 4.79 Å². The summed E-state index contributed by atoms with van der Waals surface area (Å²) in [4.78, 5) is 17.5. The van der Waals surface area contributed by atoms with Crippen molar-refractivity contribution >= 4 is 29.1 Å². The third kappa shape index (κ3) is 12.5. The third-order valence-corrected chi connectivity index (χ3v) is 7.63. The summed E-state index contributed by atoms with van der Waals surface area (Å²) in [5, 5.41) is 28.1. The van der Waals surface area contributed by atoms with Crippen molar-refractivity contribution in [3.8, 4) is 0 Å². The summed E-state index contributed by atoms with van der Waals surface area (Å²) in [6, 6.07) is 7.81. The van der Waals surface area contributed by atoms with Crippen LogP contribution in [0.1, 0.15) is 76.3 Å². The molecule has 7 heteroatoms. The lowest BCUT2D eigenvalue weighted by molar-refractivity contribution is -0.113. The molecule has 0 saturated heterocycles. The molecule has 0 spiro atoms. The summed E-state index contributed by atoms with van der Waals surface area (Å²) in [5.41, 5.74) is 7.66. The minimum absolute atomic E-state index is 0.0443.